The molecule has 1 aromatic carbocycles. The van der Waals surface area contributed by atoms with Crippen LogP contribution >= 0.6 is 0 Å². The average Bonchev–Trinajstić information content (AvgIpc) is 2.37. The summed E-state index contributed by atoms with van der Waals surface area (Å²) in [6.07, 6.45) is 7.67. The first-order chi connectivity index (χ1) is 8.67. The standard InChI is InChI=1S/C16H24N2/c1-4-11-18(12-5-2)13-10-14(3)15-6-8-16(17)9-7-15/h1,6-9,14H,5,10-13,17H2,2-3H3. The molecule has 2 heteroatoms. The van der Waals surface area contributed by atoms with Crippen molar-refractivity contribution < 1.29 is 0 Å². The largest absolute Gasteiger partial charge is 0.399 e. The molecule has 0 aliphatic rings. The van der Waals surface area contributed by atoms with Gasteiger partial charge >= 0.3 is 0 Å². The minimum Gasteiger partial charge on any atom is -0.399 e. The maximum Gasteiger partial charge on any atom is 0.0598 e. The topological polar surface area (TPSA) is 29.3 Å². The van der Waals surface area contributed by atoms with Gasteiger partial charge in [0.2, 0.25) is 0 Å². The molecule has 0 aromatic heterocycles. The van der Waals surface area contributed by atoms with E-state index in [4.69, 9.17) is 12.2 Å². The van der Waals surface area contributed by atoms with Gasteiger partial charge in [0.15, 0.2) is 0 Å². The van der Waals surface area contributed by atoms with Gasteiger partial charge in [0.1, 0.15) is 0 Å². The fraction of sp³-hybridized carbons (Fsp3) is 0.500. The van der Waals surface area contributed by atoms with E-state index in [2.05, 4.69) is 36.8 Å². The molecule has 0 saturated carbocycles. The molecule has 0 fully saturated rings. The number of hydrogen-bond donors (Lipinski definition) is 1. The lowest BCUT2D eigenvalue weighted by atomic mass is 9.97. The van der Waals surface area contributed by atoms with Crippen molar-refractivity contribution in [3.8, 4) is 12.3 Å². The highest BCUT2D eigenvalue weighted by molar-refractivity contribution is 5.40. The Morgan fingerprint density at radius 3 is 2.50 bits per heavy atom. The highest BCUT2D eigenvalue weighted by Crippen LogP contribution is 2.20. The summed E-state index contributed by atoms with van der Waals surface area (Å²) in [6.45, 7) is 7.34. The molecule has 0 saturated heterocycles. The van der Waals surface area contributed by atoms with E-state index in [1.807, 2.05) is 12.1 Å². The summed E-state index contributed by atoms with van der Waals surface area (Å²) in [5, 5.41) is 0. The Morgan fingerprint density at radius 1 is 1.28 bits per heavy atom. The summed E-state index contributed by atoms with van der Waals surface area (Å²) in [6, 6.07) is 8.17. The van der Waals surface area contributed by atoms with Crippen LogP contribution in [0.25, 0.3) is 0 Å². The molecule has 2 N–H and O–H groups in total. The van der Waals surface area contributed by atoms with Gasteiger partial charge in [0.25, 0.3) is 0 Å². The van der Waals surface area contributed by atoms with Crippen molar-refractivity contribution in [3.63, 3.8) is 0 Å². The van der Waals surface area contributed by atoms with E-state index in [1.54, 1.807) is 0 Å². The fourth-order valence-corrected chi connectivity index (χ4v) is 2.08. The van der Waals surface area contributed by atoms with Crippen molar-refractivity contribution in [1.29, 1.82) is 0 Å². The maximum atomic E-state index is 5.70. The Kier molecular flexibility index (Phi) is 6.32. The highest BCUT2D eigenvalue weighted by Gasteiger charge is 2.08. The molecule has 0 radical (unpaired) electrons. The van der Waals surface area contributed by atoms with Crippen molar-refractivity contribution in [2.24, 2.45) is 0 Å². The summed E-state index contributed by atoms with van der Waals surface area (Å²) in [5.74, 6) is 3.28. The average molecular weight is 244 g/mol. The first-order valence-electron chi connectivity index (χ1n) is 6.68. The number of rotatable bonds is 7. The summed E-state index contributed by atoms with van der Waals surface area (Å²) in [4.78, 5) is 2.34. The van der Waals surface area contributed by atoms with Crippen LogP contribution in [0.2, 0.25) is 0 Å². The van der Waals surface area contributed by atoms with Crippen molar-refractivity contribution in [3.05, 3.63) is 29.8 Å². The second-order valence-corrected chi connectivity index (χ2v) is 4.84. The third-order valence-electron chi connectivity index (χ3n) is 3.24. The van der Waals surface area contributed by atoms with Gasteiger partial charge in [-0.1, -0.05) is 31.9 Å². The molecule has 0 bridgehead atoms. The van der Waals surface area contributed by atoms with E-state index < -0.39 is 0 Å². The SMILES string of the molecule is C#CCN(CCC)CCC(C)c1ccc(N)cc1. The Morgan fingerprint density at radius 2 is 1.94 bits per heavy atom. The molecule has 1 atom stereocenters. The molecular weight excluding hydrogens is 220 g/mol. The van der Waals surface area contributed by atoms with Gasteiger partial charge in [-0.2, -0.15) is 0 Å². The zero-order chi connectivity index (χ0) is 13.4. The zero-order valence-electron chi connectivity index (χ0n) is 11.5. The summed E-state index contributed by atoms with van der Waals surface area (Å²) in [5.41, 5.74) is 7.87. The minimum absolute atomic E-state index is 0.544. The second-order valence-electron chi connectivity index (χ2n) is 4.84. The molecule has 0 heterocycles. The zero-order valence-corrected chi connectivity index (χ0v) is 11.5. The lowest BCUT2D eigenvalue weighted by Crippen LogP contribution is -2.27. The van der Waals surface area contributed by atoms with E-state index >= 15 is 0 Å². The first-order valence-corrected chi connectivity index (χ1v) is 6.68. The highest BCUT2D eigenvalue weighted by atomic mass is 15.1. The summed E-state index contributed by atoms with van der Waals surface area (Å²) >= 11 is 0. The monoisotopic (exact) mass is 244 g/mol. The third kappa shape index (κ3) is 4.81. The fourth-order valence-electron chi connectivity index (χ4n) is 2.08. The van der Waals surface area contributed by atoms with E-state index in [1.165, 1.54) is 5.56 Å². The molecule has 0 amide bonds. The van der Waals surface area contributed by atoms with Gasteiger partial charge in [0, 0.05) is 5.69 Å². The quantitative estimate of drug-likeness (QED) is 0.590. The summed E-state index contributed by atoms with van der Waals surface area (Å²) in [7, 11) is 0. The predicted molar refractivity (Wildman–Crippen MR) is 79.5 cm³/mol. The number of nitrogen functional groups attached to an aromatic ring is 1. The van der Waals surface area contributed by atoms with Crippen LogP contribution in [0.3, 0.4) is 0 Å². The van der Waals surface area contributed by atoms with Crippen LogP contribution in [0.5, 0.6) is 0 Å². The Labute approximate surface area is 111 Å². The number of hydrogen-bond acceptors (Lipinski definition) is 2. The van der Waals surface area contributed by atoms with E-state index in [0.717, 1.165) is 38.2 Å². The first kappa shape index (κ1) is 14.6. The molecule has 0 spiro atoms. The Bertz CT molecular complexity index is 375. The molecule has 18 heavy (non-hydrogen) atoms. The van der Waals surface area contributed by atoms with Gasteiger partial charge in [-0.25, -0.2) is 0 Å². The van der Waals surface area contributed by atoms with Crippen LogP contribution in [0, 0.1) is 12.3 Å². The molecule has 1 aromatic rings. The molecule has 0 aliphatic carbocycles. The van der Waals surface area contributed by atoms with Crippen LogP contribution < -0.4 is 5.73 Å². The van der Waals surface area contributed by atoms with E-state index in [9.17, 15) is 0 Å². The number of nitrogens with two attached hydrogens (primary N) is 1. The van der Waals surface area contributed by atoms with Gasteiger partial charge in [-0.15, -0.1) is 6.42 Å². The molecule has 0 aliphatic heterocycles. The van der Waals surface area contributed by atoms with Crippen LogP contribution in [0.4, 0.5) is 5.69 Å². The predicted octanol–water partition coefficient (Wildman–Crippen LogP) is 3.11. The lowest BCUT2D eigenvalue weighted by Gasteiger charge is -2.21. The number of benzene rings is 1. The second kappa shape index (κ2) is 7.79. The van der Waals surface area contributed by atoms with Crippen LogP contribution in [-0.4, -0.2) is 24.5 Å². The molecule has 98 valence electrons. The maximum absolute atomic E-state index is 5.70. The third-order valence-corrected chi connectivity index (χ3v) is 3.24. The van der Waals surface area contributed by atoms with Gasteiger partial charge in [0.05, 0.1) is 6.54 Å². The van der Waals surface area contributed by atoms with Gasteiger partial charge in [-0.05, 0) is 49.5 Å². The van der Waals surface area contributed by atoms with Crippen molar-refractivity contribution in [2.45, 2.75) is 32.6 Å². The molecule has 1 rings (SSSR count). The van der Waals surface area contributed by atoms with Crippen molar-refractivity contribution in [1.82, 2.24) is 4.90 Å². The number of terminal acetylenes is 1. The van der Waals surface area contributed by atoms with Crippen LogP contribution in [0.1, 0.15) is 38.2 Å². The lowest BCUT2D eigenvalue weighted by molar-refractivity contribution is 0.296. The Balaban J connectivity index is 2.46. The molecular formula is C16H24N2. The molecule has 2 nitrogen and oxygen atoms in total. The normalized spacial score (nSPS) is 12.3. The van der Waals surface area contributed by atoms with Gasteiger partial charge < -0.3 is 5.73 Å². The van der Waals surface area contributed by atoms with Crippen molar-refractivity contribution in [2.75, 3.05) is 25.4 Å². The van der Waals surface area contributed by atoms with Crippen molar-refractivity contribution >= 4 is 5.69 Å². The number of nitrogens with zero attached hydrogens (tertiary/aromatic N) is 1. The van der Waals surface area contributed by atoms with E-state index in [-0.39, 0.29) is 0 Å². The molecule has 1 unspecified atom stereocenters. The van der Waals surface area contributed by atoms with Gasteiger partial charge in [-0.3, -0.25) is 4.90 Å². The summed E-state index contributed by atoms with van der Waals surface area (Å²) < 4.78 is 0. The minimum atomic E-state index is 0.544. The number of anilines is 1. The van der Waals surface area contributed by atoms with Crippen LogP contribution in [0.15, 0.2) is 24.3 Å². The van der Waals surface area contributed by atoms with E-state index in [0.29, 0.717) is 5.92 Å². The smallest absolute Gasteiger partial charge is 0.0598 e. The van der Waals surface area contributed by atoms with Crippen LogP contribution in [-0.2, 0) is 0 Å². The Hall–Kier alpha value is -1.46.